The van der Waals surface area contributed by atoms with E-state index in [9.17, 15) is 14.7 Å². The largest absolute Gasteiger partial charge is 0.541 e. The number of aliphatic carboxylic acids is 1. The summed E-state index contributed by atoms with van der Waals surface area (Å²) < 4.78 is -0.350. The van der Waals surface area contributed by atoms with Gasteiger partial charge in [0, 0.05) is 4.75 Å². The van der Waals surface area contributed by atoms with Crippen LogP contribution in [0.15, 0.2) is 0 Å². The smallest absolute Gasteiger partial charge is 0.235 e. The molecule has 0 radical (unpaired) electrons. The standard InChI is InChI=1S/C6H10O3S/c1-6(2,3)10-5(9)4(7)8/h1-3H3,(H,7,8)/p-1. The third kappa shape index (κ3) is 4.38. The fourth-order valence-corrected chi connectivity index (χ4v) is 0.959. The van der Waals surface area contributed by atoms with Crippen molar-refractivity contribution in [2.45, 2.75) is 25.5 Å². The molecule has 0 N–H and O–H groups in total. The molecule has 0 aliphatic carbocycles. The van der Waals surface area contributed by atoms with Crippen LogP contribution in [0.25, 0.3) is 0 Å². The van der Waals surface area contributed by atoms with Crippen molar-refractivity contribution >= 4 is 22.8 Å². The van der Waals surface area contributed by atoms with Gasteiger partial charge in [0.05, 0.1) is 0 Å². The molecule has 58 valence electrons. The molecule has 0 rings (SSSR count). The monoisotopic (exact) mass is 161 g/mol. The van der Waals surface area contributed by atoms with Crippen molar-refractivity contribution in [3.8, 4) is 0 Å². The topological polar surface area (TPSA) is 57.2 Å². The maximum atomic E-state index is 10.5. The zero-order valence-corrected chi connectivity index (χ0v) is 6.95. The van der Waals surface area contributed by atoms with Crippen LogP contribution in [0.5, 0.6) is 0 Å². The van der Waals surface area contributed by atoms with Gasteiger partial charge in [0.1, 0.15) is 5.97 Å². The van der Waals surface area contributed by atoms with Crippen molar-refractivity contribution in [2.75, 3.05) is 0 Å². The van der Waals surface area contributed by atoms with Gasteiger partial charge in [-0.2, -0.15) is 0 Å². The van der Waals surface area contributed by atoms with Gasteiger partial charge in [-0.15, -0.1) is 0 Å². The molecule has 0 spiro atoms. The van der Waals surface area contributed by atoms with E-state index in [1.54, 1.807) is 20.8 Å². The molecule has 0 aromatic rings. The van der Waals surface area contributed by atoms with Crippen molar-refractivity contribution in [3.05, 3.63) is 0 Å². The summed E-state index contributed by atoms with van der Waals surface area (Å²) in [5.74, 6) is -1.63. The van der Waals surface area contributed by atoms with E-state index in [0.717, 1.165) is 11.8 Å². The number of rotatable bonds is 0. The average molecular weight is 161 g/mol. The Bertz CT molecular complexity index is 157. The lowest BCUT2D eigenvalue weighted by atomic mass is 10.3. The van der Waals surface area contributed by atoms with Crippen molar-refractivity contribution in [2.24, 2.45) is 0 Å². The molecule has 4 heteroatoms. The van der Waals surface area contributed by atoms with Crippen LogP contribution < -0.4 is 5.11 Å². The van der Waals surface area contributed by atoms with Crippen LogP contribution in [-0.4, -0.2) is 15.8 Å². The zero-order chi connectivity index (χ0) is 8.36. The molecule has 10 heavy (non-hydrogen) atoms. The molecule has 0 fully saturated rings. The minimum absolute atomic E-state index is 0.350. The lowest BCUT2D eigenvalue weighted by Crippen LogP contribution is -2.31. The highest BCUT2D eigenvalue weighted by molar-refractivity contribution is 8.16. The molecule has 0 saturated carbocycles. The van der Waals surface area contributed by atoms with E-state index in [4.69, 9.17) is 0 Å². The zero-order valence-electron chi connectivity index (χ0n) is 6.13. The molecule has 0 aliphatic heterocycles. The van der Waals surface area contributed by atoms with Crippen LogP contribution in [0.1, 0.15) is 20.8 Å². The number of hydrogen-bond donors (Lipinski definition) is 0. The number of hydrogen-bond acceptors (Lipinski definition) is 4. The van der Waals surface area contributed by atoms with E-state index >= 15 is 0 Å². The minimum Gasteiger partial charge on any atom is -0.541 e. The highest BCUT2D eigenvalue weighted by Gasteiger charge is 2.16. The van der Waals surface area contributed by atoms with Gasteiger partial charge in [-0.3, -0.25) is 4.79 Å². The summed E-state index contributed by atoms with van der Waals surface area (Å²) in [7, 11) is 0. The second-order valence-electron chi connectivity index (χ2n) is 2.79. The number of carboxylic acids is 1. The van der Waals surface area contributed by atoms with Crippen molar-refractivity contribution < 1.29 is 14.7 Å². The maximum Gasteiger partial charge on any atom is 0.235 e. The summed E-state index contributed by atoms with van der Waals surface area (Å²) >= 11 is 0.764. The van der Waals surface area contributed by atoms with Gasteiger partial charge in [0.15, 0.2) is 0 Å². The maximum absolute atomic E-state index is 10.5. The third-order valence-corrected chi connectivity index (χ3v) is 1.53. The second-order valence-corrected chi connectivity index (χ2v) is 4.59. The SMILES string of the molecule is CC(C)(C)SC(=O)C(=O)[O-]. The molecule has 0 atom stereocenters. The highest BCUT2D eigenvalue weighted by atomic mass is 32.2. The van der Waals surface area contributed by atoms with Gasteiger partial charge in [0.25, 0.3) is 0 Å². The molecule has 3 nitrogen and oxygen atoms in total. The first-order chi connectivity index (χ1) is 4.33. The van der Waals surface area contributed by atoms with Crippen LogP contribution >= 0.6 is 11.8 Å². The first kappa shape index (κ1) is 9.49. The normalized spacial score (nSPS) is 11.1. The van der Waals surface area contributed by atoms with E-state index in [1.165, 1.54) is 0 Å². The molecular formula is C6H9O3S-. The summed E-state index contributed by atoms with van der Waals surface area (Å²) in [5.41, 5.74) is 0. The fraction of sp³-hybridized carbons (Fsp3) is 0.667. The van der Waals surface area contributed by atoms with E-state index < -0.39 is 11.1 Å². The van der Waals surface area contributed by atoms with E-state index in [1.807, 2.05) is 0 Å². The summed E-state index contributed by atoms with van der Waals surface area (Å²) in [6.07, 6.45) is 0. The van der Waals surface area contributed by atoms with Gasteiger partial charge >= 0.3 is 0 Å². The highest BCUT2D eigenvalue weighted by Crippen LogP contribution is 2.23. The molecule has 0 aromatic carbocycles. The molecule has 0 amide bonds. The number of thioether (sulfide) groups is 1. The predicted octanol–water partition coefficient (Wildman–Crippen LogP) is -0.205. The molecule has 0 aromatic heterocycles. The third-order valence-electron chi connectivity index (χ3n) is 0.566. The predicted molar refractivity (Wildman–Crippen MR) is 37.4 cm³/mol. The Balaban J connectivity index is 3.93. The Kier molecular flexibility index (Phi) is 2.90. The summed E-state index contributed by atoms with van der Waals surface area (Å²) in [5, 5.41) is 8.99. The first-order valence-corrected chi connectivity index (χ1v) is 3.59. The minimum atomic E-state index is -1.63. The Hall–Kier alpha value is -0.510. The molecule has 0 bridgehead atoms. The fourth-order valence-electron chi connectivity index (χ4n) is 0.320. The lowest BCUT2D eigenvalue weighted by Gasteiger charge is -2.15. The Morgan fingerprint density at radius 3 is 1.80 bits per heavy atom. The lowest BCUT2D eigenvalue weighted by molar-refractivity contribution is -0.298. The van der Waals surface area contributed by atoms with Crippen LogP contribution in [-0.2, 0) is 9.59 Å². The van der Waals surface area contributed by atoms with Crippen LogP contribution in [0.2, 0.25) is 0 Å². The van der Waals surface area contributed by atoms with Crippen molar-refractivity contribution in [1.29, 1.82) is 0 Å². The van der Waals surface area contributed by atoms with E-state index in [2.05, 4.69) is 0 Å². The van der Waals surface area contributed by atoms with Gasteiger partial charge in [-0.1, -0.05) is 32.5 Å². The number of carbonyl (C=O) groups excluding carboxylic acids is 2. The molecule has 0 unspecified atom stereocenters. The van der Waals surface area contributed by atoms with Crippen LogP contribution in [0.4, 0.5) is 0 Å². The Labute approximate surface area is 63.8 Å². The van der Waals surface area contributed by atoms with Crippen LogP contribution in [0.3, 0.4) is 0 Å². The number of carboxylic acid groups (broad SMARTS) is 1. The van der Waals surface area contributed by atoms with E-state index in [0.29, 0.717) is 0 Å². The average Bonchev–Trinajstić information content (AvgIpc) is 1.60. The summed E-state index contributed by atoms with van der Waals surface area (Å²) in [6.45, 7) is 5.29. The van der Waals surface area contributed by atoms with Crippen LogP contribution in [0, 0.1) is 0 Å². The molecule has 0 heterocycles. The second kappa shape index (κ2) is 3.05. The van der Waals surface area contributed by atoms with Gasteiger partial charge in [-0.05, 0) is 0 Å². The summed E-state index contributed by atoms with van der Waals surface area (Å²) in [4.78, 5) is 20.4. The Morgan fingerprint density at radius 2 is 1.70 bits per heavy atom. The van der Waals surface area contributed by atoms with Gasteiger partial charge in [0.2, 0.25) is 5.12 Å². The quantitative estimate of drug-likeness (QED) is 0.461. The molecular weight excluding hydrogens is 152 g/mol. The van der Waals surface area contributed by atoms with E-state index in [-0.39, 0.29) is 4.75 Å². The Morgan fingerprint density at radius 1 is 1.30 bits per heavy atom. The van der Waals surface area contributed by atoms with Gasteiger partial charge in [-0.25, -0.2) is 0 Å². The van der Waals surface area contributed by atoms with Crippen molar-refractivity contribution in [3.63, 3.8) is 0 Å². The van der Waals surface area contributed by atoms with Gasteiger partial charge < -0.3 is 9.90 Å². The number of carbonyl (C=O) groups is 2. The summed E-state index contributed by atoms with van der Waals surface area (Å²) in [6, 6.07) is 0. The van der Waals surface area contributed by atoms with Crippen molar-refractivity contribution in [1.82, 2.24) is 0 Å². The molecule has 0 saturated heterocycles. The first-order valence-electron chi connectivity index (χ1n) is 2.77. The molecule has 0 aliphatic rings.